The molecule has 0 unspecified atom stereocenters. The number of hydrogen-bond acceptors (Lipinski definition) is 1. The summed E-state index contributed by atoms with van der Waals surface area (Å²) >= 11 is 0. The Kier molecular flexibility index (Phi) is 3.08. The summed E-state index contributed by atoms with van der Waals surface area (Å²) in [7, 11) is 2.10. The molecular formula is C21H21N2+. The van der Waals surface area contributed by atoms with Crippen molar-refractivity contribution in [1.29, 1.82) is 0 Å². The minimum absolute atomic E-state index is 0.967. The van der Waals surface area contributed by atoms with Gasteiger partial charge in [0.15, 0.2) is 5.69 Å². The van der Waals surface area contributed by atoms with E-state index in [-0.39, 0.29) is 0 Å². The summed E-state index contributed by atoms with van der Waals surface area (Å²) in [6.45, 7) is 6.59. The molecule has 0 saturated heterocycles. The van der Waals surface area contributed by atoms with Crippen LogP contribution in [0, 0.1) is 20.8 Å². The molecule has 1 aliphatic carbocycles. The molecule has 0 radical (unpaired) electrons. The first-order chi connectivity index (χ1) is 11.1. The van der Waals surface area contributed by atoms with E-state index < -0.39 is 0 Å². The van der Waals surface area contributed by atoms with Crippen molar-refractivity contribution in [2.45, 2.75) is 27.2 Å². The first-order valence-corrected chi connectivity index (χ1v) is 8.10. The molecule has 1 heterocycles. The first kappa shape index (κ1) is 14.1. The number of aromatic nitrogens is 2. The van der Waals surface area contributed by atoms with Gasteiger partial charge in [0.25, 0.3) is 6.33 Å². The zero-order valence-electron chi connectivity index (χ0n) is 14.1. The van der Waals surface area contributed by atoms with Crippen LogP contribution in [0.3, 0.4) is 0 Å². The van der Waals surface area contributed by atoms with E-state index in [0.29, 0.717) is 0 Å². The van der Waals surface area contributed by atoms with Crippen molar-refractivity contribution < 1.29 is 4.57 Å². The van der Waals surface area contributed by atoms with Crippen LogP contribution in [0.25, 0.3) is 22.5 Å². The van der Waals surface area contributed by atoms with E-state index in [2.05, 4.69) is 68.8 Å². The van der Waals surface area contributed by atoms with Gasteiger partial charge in [-0.25, -0.2) is 4.57 Å². The first-order valence-electron chi connectivity index (χ1n) is 8.10. The van der Waals surface area contributed by atoms with Gasteiger partial charge in [0.1, 0.15) is 5.69 Å². The largest absolute Gasteiger partial charge is 0.287 e. The van der Waals surface area contributed by atoms with Gasteiger partial charge in [-0.1, -0.05) is 35.9 Å². The molecule has 23 heavy (non-hydrogen) atoms. The minimum atomic E-state index is 0.967. The molecule has 0 atom stereocenters. The lowest BCUT2D eigenvalue weighted by Crippen LogP contribution is -2.33. The average molecular weight is 301 g/mol. The van der Waals surface area contributed by atoms with E-state index in [1.54, 1.807) is 0 Å². The Balaban J connectivity index is 2.03. The number of fused-ring (bicyclic) bond motifs is 3. The van der Waals surface area contributed by atoms with Crippen LogP contribution in [-0.2, 0) is 13.5 Å². The number of nitrogens with zero attached hydrogens (tertiary/aromatic N) is 2. The maximum Gasteiger partial charge on any atom is 0.287 e. The van der Waals surface area contributed by atoms with Crippen LogP contribution in [0.4, 0.5) is 0 Å². The summed E-state index contributed by atoms with van der Waals surface area (Å²) < 4.78 is 2.17. The predicted molar refractivity (Wildman–Crippen MR) is 93.3 cm³/mol. The molecule has 0 aliphatic heterocycles. The summed E-state index contributed by atoms with van der Waals surface area (Å²) in [5.74, 6) is 0. The van der Waals surface area contributed by atoms with Crippen LogP contribution in [0.5, 0.6) is 0 Å². The van der Waals surface area contributed by atoms with Crippen molar-refractivity contribution in [1.82, 2.24) is 4.98 Å². The zero-order chi connectivity index (χ0) is 16.1. The minimum Gasteiger partial charge on any atom is -0.232 e. The van der Waals surface area contributed by atoms with Gasteiger partial charge in [-0.2, -0.15) is 0 Å². The molecule has 0 bridgehead atoms. The highest BCUT2D eigenvalue weighted by molar-refractivity contribution is 5.80. The summed E-state index contributed by atoms with van der Waals surface area (Å²) in [5, 5.41) is 0. The highest BCUT2D eigenvalue weighted by Gasteiger charge is 2.30. The molecule has 0 spiro atoms. The molecule has 2 heteroatoms. The van der Waals surface area contributed by atoms with E-state index in [1.807, 2.05) is 6.33 Å². The smallest absolute Gasteiger partial charge is 0.232 e. The van der Waals surface area contributed by atoms with Crippen molar-refractivity contribution in [2.24, 2.45) is 7.05 Å². The van der Waals surface area contributed by atoms with Crippen molar-refractivity contribution >= 4 is 0 Å². The van der Waals surface area contributed by atoms with Crippen LogP contribution in [0.15, 0.2) is 42.7 Å². The molecular weight excluding hydrogens is 280 g/mol. The molecule has 1 aromatic heterocycles. The fraction of sp³-hybridized carbons (Fsp3) is 0.238. The van der Waals surface area contributed by atoms with Gasteiger partial charge >= 0.3 is 0 Å². The lowest BCUT2D eigenvalue weighted by Gasteiger charge is -2.13. The van der Waals surface area contributed by atoms with Crippen molar-refractivity contribution in [2.75, 3.05) is 0 Å². The Morgan fingerprint density at radius 2 is 1.78 bits per heavy atom. The van der Waals surface area contributed by atoms with Crippen molar-refractivity contribution in [3.63, 3.8) is 0 Å². The predicted octanol–water partition coefficient (Wildman–Crippen LogP) is 4.07. The third-order valence-corrected chi connectivity index (χ3v) is 4.99. The maximum absolute atomic E-state index is 4.72. The van der Waals surface area contributed by atoms with Crippen LogP contribution in [0.2, 0.25) is 0 Å². The van der Waals surface area contributed by atoms with Gasteiger partial charge in [-0.15, -0.1) is 0 Å². The molecule has 0 saturated carbocycles. The third kappa shape index (κ3) is 2.09. The van der Waals surface area contributed by atoms with Gasteiger partial charge in [0.05, 0.1) is 12.6 Å². The standard InChI is InChI=1S/C21H21N2/c1-13-9-14(2)15(3)18(10-13)21-19-11-16-7-5-6-8-17(16)20(19)22-12-23(21)4/h5-10,12H,11H2,1-4H3/q+1. The Hall–Kier alpha value is -2.48. The Bertz CT molecular complexity index is 939. The van der Waals surface area contributed by atoms with Gasteiger partial charge in [-0.05, 0) is 48.5 Å². The second-order valence-electron chi connectivity index (χ2n) is 6.62. The second-order valence-corrected chi connectivity index (χ2v) is 6.62. The SMILES string of the molecule is Cc1cc(C)c(C)c(-c2c3c(nc[n+]2C)-c2ccccc2C3)c1. The monoisotopic (exact) mass is 301 g/mol. The highest BCUT2D eigenvalue weighted by atomic mass is 15.0. The van der Waals surface area contributed by atoms with Gasteiger partial charge in [0.2, 0.25) is 0 Å². The molecule has 2 nitrogen and oxygen atoms in total. The summed E-state index contributed by atoms with van der Waals surface area (Å²) in [5.41, 5.74) is 11.8. The summed E-state index contributed by atoms with van der Waals surface area (Å²) in [6.07, 6.45) is 2.92. The lowest BCUT2D eigenvalue weighted by molar-refractivity contribution is -0.663. The van der Waals surface area contributed by atoms with E-state index in [9.17, 15) is 0 Å². The fourth-order valence-electron chi connectivity index (χ4n) is 3.74. The quantitative estimate of drug-likeness (QED) is 0.484. The van der Waals surface area contributed by atoms with Crippen LogP contribution < -0.4 is 4.57 Å². The van der Waals surface area contributed by atoms with E-state index in [4.69, 9.17) is 4.98 Å². The number of hydrogen-bond donors (Lipinski definition) is 0. The molecule has 4 rings (SSSR count). The maximum atomic E-state index is 4.72. The van der Waals surface area contributed by atoms with Gasteiger partial charge in [0, 0.05) is 17.5 Å². The van der Waals surface area contributed by atoms with E-state index in [1.165, 1.54) is 44.6 Å². The summed E-state index contributed by atoms with van der Waals surface area (Å²) in [6, 6.07) is 13.2. The van der Waals surface area contributed by atoms with Gasteiger partial charge < -0.3 is 0 Å². The Labute approximate surface area is 137 Å². The molecule has 2 aromatic carbocycles. The van der Waals surface area contributed by atoms with Crippen LogP contribution >= 0.6 is 0 Å². The van der Waals surface area contributed by atoms with Crippen molar-refractivity contribution in [3.05, 3.63) is 70.5 Å². The van der Waals surface area contributed by atoms with E-state index in [0.717, 1.165) is 12.1 Å². The summed E-state index contributed by atoms with van der Waals surface area (Å²) in [4.78, 5) is 4.72. The molecule has 0 fully saturated rings. The molecule has 114 valence electrons. The molecule has 1 aliphatic rings. The third-order valence-electron chi connectivity index (χ3n) is 4.99. The number of benzene rings is 2. The highest BCUT2D eigenvalue weighted by Crippen LogP contribution is 2.39. The van der Waals surface area contributed by atoms with Crippen LogP contribution in [-0.4, -0.2) is 4.98 Å². The average Bonchev–Trinajstić information content (AvgIpc) is 2.89. The van der Waals surface area contributed by atoms with Gasteiger partial charge in [-0.3, -0.25) is 0 Å². The number of rotatable bonds is 1. The Morgan fingerprint density at radius 3 is 2.61 bits per heavy atom. The molecule has 0 N–H and O–H groups in total. The molecule has 0 amide bonds. The number of aryl methyl sites for hydroxylation is 3. The normalized spacial score (nSPS) is 12.2. The zero-order valence-corrected chi connectivity index (χ0v) is 14.1. The van der Waals surface area contributed by atoms with Crippen LogP contribution in [0.1, 0.15) is 27.8 Å². The second kappa shape index (κ2) is 5.02. The molecule has 3 aromatic rings. The van der Waals surface area contributed by atoms with Crippen molar-refractivity contribution in [3.8, 4) is 22.5 Å². The topological polar surface area (TPSA) is 16.8 Å². The Morgan fingerprint density at radius 1 is 1.00 bits per heavy atom. The van der Waals surface area contributed by atoms with E-state index >= 15 is 0 Å². The lowest BCUT2D eigenvalue weighted by atomic mass is 9.94. The fourth-order valence-corrected chi connectivity index (χ4v) is 3.74.